The van der Waals surface area contributed by atoms with E-state index in [1.807, 2.05) is 12.1 Å². The predicted octanol–water partition coefficient (Wildman–Crippen LogP) is 1.89. The van der Waals surface area contributed by atoms with Gasteiger partial charge in [-0.2, -0.15) is 4.39 Å². The van der Waals surface area contributed by atoms with Crippen molar-refractivity contribution in [3.05, 3.63) is 35.4 Å². The van der Waals surface area contributed by atoms with Crippen LogP contribution in [0, 0.1) is 0 Å². The summed E-state index contributed by atoms with van der Waals surface area (Å²) in [6.07, 6.45) is 0.00793. The second-order valence-corrected chi connectivity index (χ2v) is 3.58. The minimum Gasteiger partial charge on any atom is -0.294 e. The van der Waals surface area contributed by atoms with E-state index < -0.39 is 6.04 Å². The average Bonchev–Trinajstić information content (AvgIpc) is 2.57. The number of nitrogens with zero attached hydrogens (tertiary/aromatic N) is 1. The highest BCUT2D eigenvalue weighted by Gasteiger charge is 2.18. The van der Waals surface area contributed by atoms with Crippen molar-refractivity contribution in [3.63, 3.8) is 0 Å². The van der Waals surface area contributed by atoms with E-state index in [2.05, 4.69) is 17.0 Å². The third-order valence-corrected chi connectivity index (χ3v) is 2.53. The average molecular weight is 193 g/mol. The van der Waals surface area contributed by atoms with Crippen LogP contribution in [0.15, 0.2) is 24.3 Å². The van der Waals surface area contributed by atoms with Crippen molar-refractivity contribution < 1.29 is 9.18 Å². The molecule has 0 saturated carbocycles. The Morgan fingerprint density at radius 1 is 1.29 bits per heavy atom. The molecule has 2 rings (SSSR count). The van der Waals surface area contributed by atoms with Crippen LogP contribution in [0.2, 0.25) is 0 Å². The zero-order valence-electron chi connectivity index (χ0n) is 7.87. The molecule has 0 aromatic heterocycles. The Balaban J connectivity index is 1.95. The maximum atomic E-state index is 12.0. The molecule has 0 unspecified atom stereocenters. The van der Waals surface area contributed by atoms with Crippen LogP contribution in [0.3, 0.4) is 0 Å². The van der Waals surface area contributed by atoms with Gasteiger partial charge in [-0.25, -0.2) is 0 Å². The molecular formula is C11H12FNO. The van der Waals surface area contributed by atoms with E-state index in [4.69, 9.17) is 0 Å². The highest BCUT2D eigenvalue weighted by molar-refractivity contribution is 5.67. The lowest BCUT2D eigenvalue weighted by Gasteiger charge is -2.11. The molecule has 1 aliphatic heterocycles. The molecule has 74 valence electrons. The van der Waals surface area contributed by atoms with Crippen molar-refractivity contribution in [1.29, 1.82) is 0 Å². The number of fused-ring (bicyclic) bond motifs is 1. The quantitative estimate of drug-likeness (QED) is 0.683. The number of hydrogen-bond acceptors (Lipinski definition) is 2. The van der Waals surface area contributed by atoms with E-state index in [9.17, 15) is 9.18 Å². The van der Waals surface area contributed by atoms with Crippen molar-refractivity contribution in [2.75, 3.05) is 6.54 Å². The van der Waals surface area contributed by atoms with E-state index in [0.29, 0.717) is 6.54 Å². The van der Waals surface area contributed by atoms with Crippen LogP contribution >= 0.6 is 0 Å². The van der Waals surface area contributed by atoms with E-state index in [1.54, 1.807) is 0 Å². The van der Waals surface area contributed by atoms with E-state index >= 15 is 0 Å². The van der Waals surface area contributed by atoms with Crippen LogP contribution in [0.1, 0.15) is 17.5 Å². The van der Waals surface area contributed by atoms with Crippen molar-refractivity contribution in [2.45, 2.75) is 19.5 Å². The largest absolute Gasteiger partial charge is 0.302 e. The molecule has 0 radical (unpaired) electrons. The lowest BCUT2D eigenvalue weighted by molar-refractivity contribution is -0.129. The monoisotopic (exact) mass is 193 g/mol. The summed E-state index contributed by atoms with van der Waals surface area (Å²) in [4.78, 5) is 12.3. The Labute approximate surface area is 82.3 Å². The number of halogens is 1. The third kappa shape index (κ3) is 1.99. The number of carbonyl (C=O) groups excluding carboxylic acids is 1. The first-order valence-electron chi connectivity index (χ1n) is 4.73. The first-order valence-corrected chi connectivity index (χ1v) is 4.73. The maximum absolute atomic E-state index is 12.0. The Morgan fingerprint density at radius 2 is 1.86 bits per heavy atom. The van der Waals surface area contributed by atoms with E-state index in [-0.39, 0.29) is 6.42 Å². The SMILES string of the molecule is O=C(F)CCN1Cc2ccccc2C1. The standard InChI is InChI=1S/C11H12FNO/c12-11(14)5-6-13-7-9-3-1-2-4-10(9)8-13/h1-4H,5-8H2. The van der Waals surface area contributed by atoms with Gasteiger partial charge in [0.05, 0.1) is 6.42 Å². The predicted molar refractivity (Wildman–Crippen MR) is 51.3 cm³/mol. The number of hydrogen-bond donors (Lipinski definition) is 0. The summed E-state index contributed by atoms with van der Waals surface area (Å²) in [6.45, 7) is 2.19. The van der Waals surface area contributed by atoms with E-state index in [1.165, 1.54) is 11.1 Å². The molecule has 0 N–H and O–H groups in total. The van der Waals surface area contributed by atoms with Gasteiger partial charge >= 0.3 is 6.04 Å². The Kier molecular flexibility index (Phi) is 2.59. The van der Waals surface area contributed by atoms with Gasteiger partial charge in [0.1, 0.15) is 0 Å². The van der Waals surface area contributed by atoms with Gasteiger partial charge in [-0.1, -0.05) is 24.3 Å². The summed E-state index contributed by atoms with van der Waals surface area (Å²) in [7, 11) is 0. The van der Waals surface area contributed by atoms with Crippen LogP contribution in [0.25, 0.3) is 0 Å². The molecule has 14 heavy (non-hydrogen) atoms. The van der Waals surface area contributed by atoms with Gasteiger partial charge in [-0.05, 0) is 11.1 Å². The van der Waals surface area contributed by atoms with Crippen molar-refractivity contribution in [2.24, 2.45) is 0 Å². The van der Waals surface area contributed by atoms with Gasteiger partial charge in [0.15, 0.2) is 0 Å². The molecule has 2 nitrogen and oxygen atoms in total. The molecule has 0 aliphatic carbocycles. The highest BCUT2D eigenvalue weighted by atomic mass is 19.1. The van der Waals surface area contributed by atoms with Gasteiger partial charge < -0.3 is 0 Å². The molecule has 1 heterocycles. The van der Waals surface area contributed by atoms with Crippen molar-refractivity contribution in [3.8, 4) is 0 Å². The summed E-state index contributed by atoms with van der Waals surface area (Å²) in [5.41, 5.74) is 2.58. The summed E-state index contributed by atoms with van der Waals surface area (Å²) in [5.74, 6) is 0. The molecule has 1 aliphatic rings. The minimum atomic E-state index is -1.22. The van der Waals surface area contributed by atoms with Crippen LogP contribution in [0.4, 0.5) is 4.39 Å². The molecule has 1 aromatic rings. The highest BCUT2D eigenvalue weighted by Crippen LogP contribution is 2.21. The molecule has 1 aromatic carbocycles. The Morgan fingerprint density at radius 3 is 2.36 bits per heavy atom. The normalized spacial score (nSPS) is 15.5. The number of carbonyl (C=O) groups is 1. The number of benzene rings is 1. The zero-order chi connectivity index (χ0) is 9.97. The van der Waals surface area contributed by atoms with Crippen LogP contribution in [0.5, 0.6) is 0 Å². The fourth-order valence-corrected chi connectivity index (χ4v) is 1.81. The first kappa shape index (κ1) is 9.34. The fourth-order valence-electron chi connectivity index (χ4n) is 1.81. The first-order chi connectivity index (χ1) is 6.75. The minimum absolute atomic E-state index is 0.00793. The Bertz CT molecular complexity index is 326. The topological polar surface area (TPSA) is 20.3 Å². The van der Waals surface area contributed by atoms with Gasteiger partial charge in [-0.15, -0.1) is 0 Å². The van der Waals surface area contributed by atoms with Gasteiger partial charge in [0.25, 0.3) is 0 Å². The van der Waals surface area contributed by atoms with Crippen LogP contribution in [-0.4, -0.2) is 17.5 Å². The van der Waals surface area contributed by atoms with Crippen LogP contribution < -0.4 is 0 Å². The van der Waals surface area contributed by atoms with Gasteiger partial charge in [-0.3, -0.25) is 9.69 Å². The molecule has 3 heteroatoms. The Hall–Kier alpha value is -1.22. The molecule has 0 saturated heterocycles. The molecule has 0 bridgehead atoms. The molecule has 0 fully saturated rings. The lowest BCUT2D eigenvalue weighted by atomic mass is 10.1. The molecule has 0 amide bonds. The molecule has 0 spiro atoms. The van der Waals surface area contributed by atoms with E-state index in [0.717, 1.165) is 13.1 Å². The van der Waals surface area contributed by atoms with Crippen LogP contribution in [-0.2, 0) is 17.9 Å². The lowest BCUT2D eigenvalue weighted by Crippen LogP contribution is -2.19. The second-order valence-electron chi connectivity index (χ2n) is 3.58. The summed E-state index contributed by atoms with van der Waals surface area (Å²) >= 11 is 0. The molecule has 0 atom stereocenters. The third-order valence-electron chi connectivity index (χ3n) is 2.53. The summed E-state index contributed by atoms with van der Waals surface area (Å²) in [5, 5.41) is 0. The smallest absolute Gasteiger partial charge is 0.294 e. The zero-order valence-corrected chi connectivity index (χ0v) is 7.87. The van der Waals surface area contributed by atoms with Crippen molar-refractivity contribution in [1.82, 2.24) is 4.90 Å². The summed E-state index contributed by atoms with van der Waals surface area (Å²) in [6, 6.07) is 6.94. The summed E-state index contributed by atoms with van der Waals surface area (Å²) < 4.78 is 12.0. The van der Waals surface area contributed by atoms with Gasteiger partial charge in [0, 0.05) is 19.6 Å². The molecular weight excluding hydrogens is 181 g/mol. The maximum Gasteiger partial charge on any atom is 0.302 e. The second kappa shape index (κ2) is 3.88. The van der Waals surface area contributed by atoms with Crippen molar-refractivity contribution >= 4 is 6.04 Å². The fraction of sp³-hybridized carbons (Fsp3) is 0.364. The van der Waals surface area contributed by atoms with Gasteiger partial charge in [0.2, 0.25) is 0 Å². The number of rotatable bonds is 3.